The smallest absolute Gasteiger partial charge is 0.158 e. The molecule has 0 saturated heterocycles. The van der Waals surface area contributed by atoms with Crippen molar-refractivity contribution in [2.24, 2.45) is 0 Å². The molecule has 1 aromatic rings. The van der Waals surface area contributed by atoms with Crippen LogP contribution in [0.3, 0.4) is 0 Å². The second kappa shape index (κ2) is 5.50. The molecule has 3 heteroatoms. The fraction of sp³-hybridized carbons (Fsp3) is 0.364. The predicted molar refractivity (Wildman–Crippen MR) is 51.6 cm³/mol. The van der Waals surface area contributed by atoms with Crippen molar-refractivity contribution < 1.29 is 13.9 Å². The summed E-state index contributed by atoms with van der Waals surface area (Å²) < 4.78 is 17.2. The number of halogens is 1. The molecule has 0 atom stereocenters. The van der Waals surface area contributed by atoms with E-state index < -0.39 is 0 Å². The van der Waals surface area contributed by atoms with Gasteiger partial charge in [0.05, 0.1) is 0 Å². The molecule has 0 saturated carbocycles. The summed E-state index contributed by atoms with van der Waals surface area (Å²) in [7, 11) is 1.50. The second-order valence-corrected chi connectivity index (χ2v) is 3.10. The summed E-state index contributed by atoms with van der Waals surface area (Å²) in [6, 6.07) is 6.18. The average Bonchev–Trinajstić information content (AvgIpc) is 2.17. The highest BCUT2D eigenvalue weighted by Crippen LogP contribution is 2.05. The molecule has 76 valence electrons. The molecule has 0 aromatic heterocycles. The van der Waals surface area contributed by atoms with Gasteiger partial charge in [-0.25, -0.2) is 4.39 Å². The third-order valence-electron chi connectivity index (χ3n) is 1.91. The van der Waals surface area contributed by atoms with Crippen LogP contribution in [-0.4, -0.2) is 19.5 Å². The molecule has 0 spiro atoms. The van der Waals surface area contributed by atoms with Crippen molar-refractivity contribution in [3.63, 3.8) is 0 Å². The quantitative estimate of drug-likeness (QED) is 0.719. The van der Waals surface area contributed by atoms with Gasteiger partial charge in [-0.1, -0.05) is 12.1 Å². The molecule has 0 aliphatic heterocycles. The molecule has 2 nitrogen and oxygen atoms in total. The van der Waals surface area contributed by atoms with Crippen molar-refractivity contribution >= 4 is 5.78 Å². The lowest BCUT2D eigenvalue weighted by molar-refractivity contribution is -0.122. The summed E-state index contributed by atoms with van der Waals surface area (Å²) in [5.41, 5.74) is 0.968. The zero-order chi connectivity index (χ0) is 10.4. The topological polar surface area (TPSA) is 26.3 Å². The van der Waals surface area contributed by atoms with Crippen LogP contribution in [0, 0.1) is 5.82 Å². The van der Waals surface area contributed by atoms with E-state index in [1.54, 1.807) is 12.1 Å². The summed E-state index contributed by atoms with van der Waals surface area (Å²) in [6.07, 6.45) is 1.09. The first-order chi connectivity index (χ1) is 6.72. The maximum Gasteiger partial charge on any atom is 0.158 e. The van der Waals surface area contributed by atoms with Crippen LogP contribution in [0.15, 0.2) is 24.3 Å². The van der Waals surface area contributed by atoms with Crippen molar-refractivity contribution in [3.8, 4) is 0 Å². The molecule has 0 fully saturated rings. The molecule has 1 rings (SSSR count). The summed E-state index contributed by atoms with van der Waals surface area (Å²) >= 11 is 0. The maximum absolute atomic E-state index is 12.5. The van der Waals surface area contributed by atoms with Crippen LogP contribution in [0.25, 0.3) is 0 Å². The van der Waals surface area contributed by atoms with E-state index in [9.17, 15) is 9.18 Å². The van der Waals surface area contributed by atoms with Gasteiger partial charge in [-0.15, -0.1) is 0 Å². The molecule has 0 aliphatic rings. The summed E-state index contributed by atoms with van der Waals surface area (Å²) in [5.74, 6) is -0.186. The highest BCUT2D eigenvalue weighted by atomic mass is 19.1. The Morgan fingerprint density at radius 1 is 1.36 bits per heavy atom. The first-order valence-corrected chi connectivity index (χ1v) is 4.47. The predicted octanol–water partition coefficient (Wildman–Crippen LogP) is 1.97. The lowest BCUT2D eigenvalue weighted by atomic mass is 10.1. The number of Topliss-reactive ketones (excluding diaryl/α,β-unsaturated/α-hetero) is 1. The maximum atomic E-state index is 12.5. The van der Waals surface area contributed by atoms with Gasteiger partial charge in [0.1, 0.15) is 12.4 Å². The molecule has 1 aromatic carbocycles. The molecule has 0 heterocycles. The number of ketones is 1. The highest BCUT2D eigenvalue weighted by Gasteiger charge is 2.01. The van der Waals surface area contributed by atoms with E-state index in [1.807, 2.05) is 0 Å². The first-order valence-electron chi connectivity index (χ1n) is 4.47. The van der Waals surface area contributed by atoms with Crippen molar-refractivity contribution in [2.45, 2.75) is 12.8 Å². The normalized spacial score (nSPS) is 10.1. The van der Waals surface area contributed by atoms with Crippen molar-refractivity contribution in [3.05, 3.63) is 35.6 Å². The monoisotopic (exact) mass is 196 g/mol. The molecule has 0 bridgehead atoms. The van der Waals surface area contributed by atoms with Crippen LogP contribution in [-0.2, 0) is 16.0 Å². The van der Waals surface area contributed by atoms with E-state index in [0.29, 0.717) is 12.8 Å². The molecular weight excluding hydrogens is 183 g/mol. The molecule has 0 aliphatic carbocycles. The number of ether oxygens (including phenoxy) is 1. The number of aryl methyl sites for hydroxylation is 1. The van der Waals surface area contributed by atoms with Crippen LogP contribution in [0.5, 0.6) is 0 Å². The van der Waals surface area contributed by atoms with Gasteiger partial charge in [-0.2, -0.15) is 0 Å². The fourth-order valence-electron chi connectivity index (χ4n) is 1.17. The van der Waals surface area contributed by atoms with E-state index in [4.69, 9.17) is 4.74 Å². The van der Waals surface area contributed by atoms with Gasteiger partial charge >= 0.3 is 0 Å². The molecular formula is C11H13FO2. The van der Waals surface area contributed by atoms with Crippen molar-refractivity contribution in [1.82, 2.24) is 0 Å². The summed E-state index contributed by atoms with van der Waals surface area (Å²) in [4.78, 5) is 11.1. The molecule has 14 heavy (non-hydrogen) atoms. The highest BCUT2D eigenvalue weighted by molar-refractivity contribution is 5.79. The first kappa shape index (κ1) is 10.9. The van der Waals surface area contributed by atoms with Crippen LogP contribution < -0.4 is 0 Å². The van der Waals surface area contributed by atoms with Gasteiger partial charge in [0.25, 0.3) is 0 Å². The number of benzene rings is 1. The zero-order valence-corrected chi connectivity index (χ0v) is 8.13. The number of hydrogen-bond donors (Lipinski definition) is 0. The number of methoxy groups -OCH3 is 1. The lowest BCUT2D eigenvalue weighted by Gasteiger charge is -2.00. The number of carbonyl (C=O) groups excluding carboxylic acids is 1. The van der Waals surface area contributed by atoms with Crippen molar-refractivity contribution in [2.75, 3.05) is 13.7 Å². The van der Waals surface area contributed by atoms with E-state index in [0.717, 1.165) is 5.56 Å². The van der Waals surface area contributed by atoms with Gasteiger partial charge in [-0.05, 0) is 24.1 Å². The second-order valence-electron chi connectivity index (χ2n) is 3.10. The molecule has 0 N–H and O–H groups in total. The van der Waals surface area contributed by atoms with Crippen LogP contribution in [0.1, 0.15) is 12.0 Å². The van der Waals surface area contributed by atoms with E-state index in [1.165, 1.54) is 19.2 Å². The lowest BCUT2D eigenvalue weighted by Crippen LogP contribution is -2.07. The average molecular weight is 196 g/mol. The summed E-state index contributed by atoms with van der Waals surface area (Å²) in [5, 5.41) is 0. The van der Waals surface area contributed by atoms with Crippen LogP contribution in [0.2, 0.25) is 0 Å². The third kappa shape index (κ3) is 3.66. The minimum Gasteiger partial charge on any atom is -0.377 e. The Kier molecular flexibility index (Phi) is 4.26. The van der Waals surface area contributed by atoms with E-state index in [-0.39, 0.29) is 18.2 Å². The Hall–Kier alpha value is -1.22. The van der Waals surface area contributed by atoms with Gasteiger partial charge in [0.2, 0.25) is 0 Å². The number of hydrogen-bond acceptors (Lipinski definition) is 2. The number of rotatable bonds is 5. The SMILES string of the molecule is COCC(=O)CCc1ccc(F)cc1. The van der Waals surface area contributed by atoms with Gasteiger partial charge in [0.15, 0.2) is 5.78 Å². The van der Waals surface area contributed by atoms with Crippen LogP contribution >= 0.6 is 0 Å². The Bertz CT molecular complexity index is 293. The molecule has 0 unspecified atom stereocenters. The Morgan fingerprint density at radius 2 is 2.00 bits per heavy atom. The molecule has 0 amide bonds. The Balaban J connectivity index is 2.38. The van der Waals surface area contributed by atoms with Crippen molar-refractivity contribution in [1.29, 1.82) is 0 Å². The zero-order valence-electron chi connectivity index (χ0n) is 8.13. The standard InChI is InChI=1S/C11H13FO2/c1-14-8-11(13)7-4-9-2-5-10(12)6-3-9/h2-3,5-6H,4,7-8H2,1H3. The largest absolute Gasteiger partial charge is 0.377 e. The Morgan fingerprint density at radius 3 is 2.57 bits per heavy atom. The minimum atomic E-state index is -0.253. The minimum absolute atomic E-state index is 0.0665. The summed E-state index contributed by atoms with van der Waals surface area (Å²) in [6.45, 7) is 0.154. The van der Waals surface area contributed by atoms with Gasteiger partial charge < -0.3 is 4.74 Å². The van der Waals surface area contributed by atoms with Gasteiger partial charge in [-0.3, -0.25) is 4.79 Å². The number of carbonyl (C=O) groups is 1. The fourth-order valence-corrected chi connectivity index (χ4v) is 1.17. The van der Waals surface area contributed by atoms with E-state index in [2.05, 4.69) is 0 Å². The third-order valence-corrected chi connectivity index (χ3v) is 1.91. The molecule has 0 radical (unpaired) electrons. The van der Waals surface area contributed by atoms with Gasteiger partial charge in [0, 0.05) is 13.5 Å². The van der Waals surface area contributed by atoms with E-state index >= 15 is 0 Å². The van der Waals surface area contributed by atoms with Crippen LogP contribution in [0.4, 0.5) is 4.39 Å². The Labute approximate surface area is 82.7 Å².